The molecule has 0 unspecified atom stereocenters. The van der Waals surface area contributed by atoms with Crippen molar-refractivity contribution < 1.29 is 9.84 Å². The maximum absolute atomic E-state index is 9.52. The summed E-state index contributed by atoms with van der Waals surface area (Å²) in [7, 11) is 0. The molecule has 0 saturated carbocycles. The SMILES string of the molecule is CCCC[C@@H]1COCC[C@@H]1O. The van der Waals surface area contributed by atoms with E-state index in [1.54, 1.807) is 0 Å². The van der Waals surface area contributed by atoms with E-state index < -0.39 is 0 Å². The molecule has 1 fully saturated rings. The summed E-state index contributed by atoms with van der Waals surface area (Å²) in [5.41, 5.74) is 0. The Bertz CT molecular complexity index is 104. The monoisotopic (exact) mass is 158 g/mol. The molecular weight excluding hydrogens is 140 g/mol. The fourth-order valence-corrected chi connectivity index (χ4v) is 1.53. The third-order valence-corrected chi connectivity index (χ3v) is 2.36. The number of ether oxygens (including phenoxy) is 1. The van der Waals surface area contributed by atoms with Crippen LogP contribution in [-0.4, -0.2) is 24.4 Å². The van der Waals surface area contributed by atoms with Gasteiger partial charge in [-0.3, -0.25) is 0 Å². The second-order valence-corrected chi connectivity index (χ2v) is 3.33. The second-order valence-electron chi connectivity index (χ2n) is 3.33. The van der Waals surface area contributed by atoms with Crippen LogP contribution in [0.3, 0.4) is 0 Å². The molecule has 0 radical (unpaired) electrons. The standard InChI is InChI=1S/C9H18O2/c1-2-3-4-8-7-11-6-5-9(8)10/h8-10H,2-7H2,1H3/t8-,9+/m1/s1. The van der Waals surface area contributed by atoms with E-state index in [-0.39, 0.29) is 6.10 Å². The minimum Gasteiger partial charge on any atom is -0.393 e. The van der Waals surface area contributed by atoms with Gasteiger partial charge in [0.15, 0.2) is 0 Å². The number of rotatable bonds is 3. The first-order valence-electron chi connectivity index (χ1n) is 4.60. The molecule has 2 heteroatoms. The molecule has 66 valence electrons. The number of hydrogen-bond acceptors (Lipinski definition) is 2. The zero-order chi connectivity index (χ0) is 8.10. The van der Waals surface area contributed by atoms with Crippen molar-refractivity contribution in [3.63, 3.8) is 0 Å². The smallest absolute Gasteiger partial charge is 0.0612 e. The zero-order valence-corrected chi connectivity index (χ0v) is 7.25. The molecule has 0 spiro atoms. The van der Waals surface area contributed by atoms with Gasteiger partial charge in [-0.1, -0.05) is 19.8 Å². The fraction of sp³-hybridized carbons (Fsp3) is 1.00. The molecule has 11 heavy (non-hydrogen) atoms. The van der Waals surface area contributed by atoms with Crippen LogP contribution in [0.4, 0.5) is 0 Å². The number of aliphatic hydroxyl groups excluding tert-OH is 1. The summed E-state index contributed by atoms with van der Waals surface area (Å²) in [6.07, 6.45) is 4.27. The minimum atomic E-state index is -0.102. The molecule has 1 saturated heterocycles. The summed E-state index contributed by atoms with van der Waals surface area (Å²) in [4.78, 5) is 0. The molecule has 0 aromatic rings. The lowest BCUT2D eigenvalue weighted by Crippen LogP contribution is -2.31. The molecule has 0 aromatic heterocycles. The van der Waals surface area contributed by atoms with Gasteiger partial charge in [-0.25, -0.2) is 0 Å². The summed E-state index contributed by atoms with van der Waals surface area (Å²) in [5, 5.41) is 9.52. The number of unbranched alkanes of at least 4 members (excludes halogenated alkanes) is 1. The van der Waals surface area contributed by atoms with E-state index in [9.17, 15) is 5.11 Å². The van der Waals surface area contributed by atoms with Crippen molar-refractivity contribution in [1.29, 1.82) is 0 Å². The molecule has 1 aliphatic heterocycles. The first kappa shape index (κ1) is 9.01. The highest BCUT2D eigenvalue weighted by atomic mass is 16.5. The van der Waals surface area contributed by atoms with Gasteiger partial charge in [-0.15, -0.1) is 0 Å². The highest BCUT2D eigenvalue weighted by Gasteiger charge is 2.22. The Morgan fingerprint density at radius 1 is 1.55 bits per heavy atom. The van der Waals surface area contributed by atoms with E-state index in [1.165, 1.54) is 12.8 Å². The first-order valence-corrected chi connectivity index (χ1v) is 4.60. The van der Waals surface area contributed by atoms with Crippen LogP contribution in [0.1, 0.15) is 32.6 Å². The topological polar surface area (TPSA) is 29.5 Å². The van der Waals surface area contributed by atoms with E-state index in [0.29, 0.717) is 5.92 Å². The molecule has 1 rings (SSSR count). The Labute approximate surface area is 68.6 Å². The fourth-order valence-electron chi connectivity index (χ4n) is 1.53. The Morgan fingerprint density at radius 2 is 2.36 bits per heavy atom. The van der Waals surface area contributed by atoms with Crippen molar-refractivity contribution in [2.45, 2.75) is 38.7 Å². The minimum absolute atomic E-state index is 0.102. The predicted octanol–water partition coefficient (Wildman–Crippen LogP) is 1.57. The lowest BCUT2D eigenvalue weighted by Gasteiger charge is -2.27. The van der Waals surface area contributed by atoms with Gasteiger partial charge in [0.05, 0.1) is 12.7 Å². The van der Waals surface area contributed by atoms with Crippen LogP contribution in [0.2, 0.25) is 0 Å². The van der Waals surface area contributed by atoms with Gasteiger partial charge in [0.25, 0.3) is 0 Å². The van der Waals surface area contributed by atoms with Crippen LogP contribution in [0.25, 0.3) is 0 Å². The van der Waals surface area contributed by atoms with Crippen molar-refractivity contribution in [2.75, 3.05) is 13.2 Å². The Hall–Kier alpha value is -0.0800. The molecule has 0 aliphatic carbocycles. The predicted molar refractivity (Wildman–Crippen MR) is 44.5 cm³/mol. The largest absolute Gasteiger partial charge is 0.393 e. The van der Waals surface area contributed by atoms with Gasteiger partial charge in [-0.05, 0) is 12.8 Å². The average Bonchev–Trinajstić information content (AvgIpc) is 2.03. The van der Waals surface area contributed by atoms with Crippen molar-refractivity contribution in [1.82, 2.24) is 0 Å². The van der Waals surface area contributed by atoms with Crippen molar-refractivity contribution >= 4 is 0 Å². The summed E-state index contributed by atoms with van der Waals surface area (Å²) < 4.78 is 5.29. The third kappa shape index (κ3) is 2.80. The highest BCUT2D eigenvalue weighted by molar-refractivity contribution is 4.72. The normalized spacial score (nSPS) is 32.2. The van der Waals surface area contributed by atoms with Crippen molar-refractivity contribution in [3.8, 4) is 0 Å². The maximum Gasteiger partial charge on any atom is 0.0612 e. The van der Waals surface area contributed by atoms with Crippen molar-refractivity contribution in [2.24, 2.45) is 5.92 Å². The molecule has 2 atom stereocenters. The van der Waals surface area contributed by atoms with Crippen LogP contribution >= 0.6 is 0 Å². The summed E-state index contributed by atoms with van der Waals surface area (Å²) in [6, 6.07) is 0. The third-order valence-electron chi connectivity index (χ3n) is 2.36. The van der Waals surface area contributed by atoms with Crippen LogP contribution in [0.15, 0.2) is 0 Å². The van der Waals surface area contributed by atoms with Gasteiger partial charge in [0, 0.05) is 12.5 Å². The van der Waals surface area contributed by atoms with Crippen LogP contribution < -0.4 is 0 Å². The second kappa shape index (κ2) is 4.73. The first-order chi connectivity index (χ1) is 5.34. The van der Waals surface area contributed by atoms with Crippen LogP contribution in [0, 0.1) is 5.92 Å². The molecule has 0 bridgehead atoms. The highest BCUT2D eigenvalue weighted by Crippen LogP contribution is 2.19. The van der Waals surface area contributed by atoms with Crippen molar-refractivity contribution in [3.05, 3.63) is 0 Å². The van der Waals surface area contributed by atoms with Gasteiger partial charge in [0.1, 0.15) is 0 Å². The van der Waals surface area contributed by atoms with Gasteiger partial charge < -0.3 is 9.84 Å². The summed E-state index contributed by atoms with van der Waals surface area (Å²) in [6.45, 7) is 3.68. The zero-order valence-electron chi connectivity index (χ0n) is 7.25. The van der Waals surface area contributed by atoms with Crippen LogP contribution in [0.5, 0.6) is 0 Å². The molecule has 1 N–H and O–H groups in total. The van der Waals surface area contributed by atoms with E-state index in [2.05, 4.69) is 6.92 Å². The molecule has 0 amide bonds. The maximum atomic E-state index is 9.52. The van der Waals surface area contributed by atoms with E-state index >= 15 is 0 Å². The van der Waals surface area contributed by atoms with E-state index in [0.717, 1.165) is 26.1 Å². The Kier molecular flexibility index (Phi) is 3.87. The average molecular weight is 158 g/mol. The van der Waals surface area contributed by atoms with Crippen LogP contribution in [-0.2, 0) is 4.74 Å². The summed E-state index contributed by atoms with van der Waals surface area (Å²) in [5.74, 6) is 0.406. The van der Waals surface area contributed by atoms with Gasteiger partial charge >= 0.3 is 0 Å². The van der Waals surface area contributed by atoms with Gasteiger partial charge in [-0.2, -0.15) is 0 Å². The molecule has 2 nitrogen and oxygen atoms in total. The number of aliphatic hydroxyl groups is 1. The lowest BCUT2D eigenvalue weighted by atomic mass is 9.93. The summed E-state index contributed by atoms with van der Waals surface area (Å²) >= 11 is 0. The molecule has 1 heterocycles. The lowest BCUT2D eigenvalue weighted by molar-refractivity contribution is -0.0388. The quantitative estimate of drug-likeness (QED) is 0.675. The molecule has 0 aromatic carbocycles. The van der Waals surface area contributed by atoms with E-state index in [4.69, 9.17) is 4.74 Å². The Morgan fingerprint density at radius 3 is 3.00 bits per heavy atom. The molecular formula is C9H18O2. The molecule has 1 aliphatic rings. The van der Waals surface area contributed by atoms with Gasteiger partial charge in [0.2, 0.25) is 0 Å². The Balaban J connectivity index is 2.18. The number of hydrogen-bond donors (Lipinski definition) is 1. The van der Waals surface area contributed by atoms with E-state index in [1.807, 2.05) is 0 Å².